The number of esters is 1. The van der Waals surface area contributed by atoms with Crippen LogP contribution >= 0.6 is 0 Å². The number of imide groups is 1. The lowest BCUT2D eigenvalue weighted by Crippen LogP contribution is -2.53. The normalized spacial score (nSPS) is 29.9. The van der Waals surface area contributed by atoms with E-state index in [2.05, 4.69) is 0 Å². The van der Waals surface area contributed by atoms with Crippen LogP contribution in [0.15, 0.2) is 0 Å². The summed E-state index contributed by atoms with van der Waals surface area (Å²) < 4.78 is 16.3. The van der Waals surface area contributed by atoms with Crippen LogP contribution < -0.4 is 0 Å². The standard InChI is InChI=1S/C21H33NO6/c1-5-27-16(23)15-6-8-21(9-7-15)14-20(10-12-26-13-11-20)17(24)22(21)18(25)28-19(2,3)4/h15H,5-14H2,1-4H3/t15-,21-. The van der Waals surface area contributed by atoms with Gasteiger partial charge in [-0.15, -0.1) is 0 Å². The van der Waals surface area contributed by atoms with Gasteiger partial charge in [-0.1, -0.05) is 0 Å². The van der Waals surface area contributed by atoms with E-state index < -0.39 is 22.6 Å². The Kier molecular flexibility index (Phi) is 5.76. The fourth-order valence-corrected chi connectivity index (χ4v) is 5.03. The first-order valence-corrected chi connectivity index (χ1v) is 10.4. The van der Waals surface area contributed by atoms with Crippen molar-refractivity contribution in [3.05, 3.63) is 0 Å². The van der Waals surface area contributed by atoms with E-state index in [1.807, 2.05) is 0 Å². The molecule has 3 aliphatic rings. The summed E-state index contributed by atoms with van der Waals surface area (Å²) in [5, 5.41) is 0. The topological polar surface area (TPSA) is 82.1 Å². The van der Waals surface area contributed by atoms with Gasteiger partial charge in [0.05, 0.1) is 23.5 Å². The van der Waals surface area contributed by atoms with Crippen LogP contribution in [0.25, 0.3) is 0 Å². The average molecular weight is 395 g/mol. The van der Waals surface area contributed by atoms with Crippen LogP contribution in [0, 0.1) is 11.3 Å². The van der Waals surface area contributed by atoms with Crippen LogP contribution in [-0.4, -0.2) is 53.8 Å². The number of hydrogen-bond acceptors (Lipinski definition) is 6. The predicted octanol–water partition coefficient (Wildman–Crippen LogP) is 3.44. The third-order valence-electron chi connectivity index (χ3n) is 6.36. The molecule has 0 unspecified atom stereocenters. The van der Waals surface area contributed by atoms with Crippen molar-refractivity contribution in [2.75, 3.05) is 19.8 Å². The molecule has 0 aromatic heterocycles. The zero-order valence-corrected chi connectivity index (χ0v) is 17.5. The van der Waals surface area contributed by atoms with Crippen molar-refractivity contribution in [1.29, 1.82) is 0 Å². The first-order valence-electron chi connectivity index (χ1n) is 10.4. The van der Waals surface area contributed by atoms with Gasteiger partial charge in [-0.05, 0) is 72.6 Å². The molecular weight excluding hydrogens is 362 g/mol. The molecule has 0 radical (unpaired) electrons. The highest BCUT2D eigenvalue weighted by Crippen LogP contribution is 2.55. The third kappa shape index (κ3) is 3.91. The number of rotatable bonds is 2. The predicted molar refractivity (Wildman–Crippen MR) is 102 cm³/mol. The average Bonchev–Trinajstić information content (AvgIpc) is 2.83. The van der Waals surface area contributed by atoms with E-state index in [1.54, 1.807) is 27.7 Å². The van der Waals surface area contributed by atoms with Gasteiger partial charge in [0.2, 0.25) is 5.91 Å². The molecular formula is C21H33NO6. The number of likely N-dealkylation sites (tertiary alicyclic amines) is 1. The molecule has 2 amide bonds. The zero-order chi connectivity index (χ0) is 20.6. The minimum atomic E-state index is -0.674. The lowest BCUT2D eigenvalue weighted by atomic mass is 9.68. The first kappa shape index (κ1) is 21.1. The third-order valence-corrected chi connectivity index (χ3v) is 6.36. The van der Waals surface area contributed by atoms with Crippen LogP contribution in [0.3, 0.4) is 0 Å². The van der Waals surface area contributed by atoms with Crippen molar-refractivity contribution < 1.29 is 28.6 Å². The molecule has 0 aromatic carbocycles. The summed E-state index contributed by atoms with van der Waals surface area (Å²) in [6.45, 7) is 8.66. The maximum Gasteiger partial charge on any atom is 0.417 e. The van der Waals surface area contributed by atoms with Gasteiger partial charge in [-0.2, -0.15) is 0 Å². The summed E-state index contributed by atoms with van der Waals surface area (Å²) in [7, 11) is 0. The Bertz CT molecular complexity index is 623. The number of carbonyl (C=O) groups excluding carboxylic acids is 3. The molecule has 28 heavy (non-hydrogen) atoms. The van der Waals surface area contributed by atoms with E-state index >= 15 is 0 Å². The van der Waals surface area contributed by atoms with Crippen molar-refractivity contribution in [3.8, 4) is 0 Å². The highest BCUT2D eigenvalue weighted by molar-refractivity contribution is 5.99. The summed E-state index contributed by atoms with van der Waals surface area (Å²) in [4.78, 5) is 40.1. The molecule has 0 bridgehead atoms. The lowest BCUT2D eigenvalue weighted by molar-refractivity contribution is -0.150. The van der Waals surface area contributed by atoms with Crippen molar-refractivity contribution in [2.45, 2.75) is 83.8 Å². The van der Waals surface area contributed by atoms with E-state index in [9.17, 15) is 14.4 Å². The zero-order valence-electron chi connectivity index (χ0n) is 17.5. The van der Waals surface area contributed by atoms with E-state index in [1.165, 1.54) is 4.90 Å². The maximum absolute atomic E-state index is 13.5. The Morgan fingerprint density at radius 3 is 2.29 bits per heavy atom. The number of hydrogen-bond donors (Lipinski definition) is 0. The van der Waals surface area contributed by atoms with E-state index in [0.29, 0.717) is 64.8 Å². The molecule has 0 atom stereocenters. The molecule has 7 heteroatoms. The van der Waals surface area contributed by atoms with Crippen LogP contribution in [0.5, 0.6) is 0 Å². The van der Waals surface area contributed by atoms with Gasteiger partial charge in [-0.3, -0.25) is 9.59 Å². The van der Waals surface area contributed by atoms with Crippen LogP contribution in [0.1, 0.15) is 72.6 Å². The molecule has 0 aromatic rings. The van der Waals surface area contributed by atoms with E-state index in [4.69, 9.17) is 14.2 Å². The Labute approximate surface area is 167 Å². The maximum atomic E-state index is 13.5. The van der Waals surface area contributed by atoms with Crippen molar-refractivity contribution in [2.24, 2.45) is 11.3 Å². The van der Waals surface area contributed by atoms with Crippen molar-refractivity contribution in [3.63, 3.8) is 0 Å². The van der Waals surface area contributed by atoms with Crippen molar-refractivity contribution >= 4 is 18.0 Å². The summed E-state index contributed by atoms with van der Waals surface area (Å²) >= 11 is 0. The van der Waals surface area contributed by atoms with Crippen LogP contribution in [-0.2, 0) is 23.8 Å². The fraction of sp³-hybridized carbons (Fsp3) is 0.857. The Morgan fingerprint density at radius 2 is 1.75 bits per heavy atom. The quantitative estimate of drug-likeness (QED) is 0.666. The molecule has 2 heterocycles. The molecule has 1 aliphatic carbocycles. The number of carbonyl (C=O) groups is 3. The van der Waals surface area contributed by atoms with Crippen molar-refractivity contribution in [1.82, 2.24) is 4.90 Å². The van der Waals surface area contributed by atoms with E-state index in [-0.39, 0.29) is 17.8 Å². The second-order valence-corrected chi connectivity index (χ2v) is 9.44. The summed E-state index contributed by atoms with van der Waals surface area (Å²) in [5.41, 5.74) is -1.79. The first-order chi connectivity index (χ1) is 13.1. The second kappa shape index (κ2) is 7.65. The lowest BCUT2D eigenvalue weighted by Gasteiger charge is -2.42. The van der Waals surface area contributed by atoms with Gasteiger partial charge in [-0.25, -0.2) is 9.69 Å². The molecule has 158 valence electrons. The van der Waals surface area contributed by atoms with E-state index in [0.717, 1.165) is 0 Å². The summed E-state index contributed by atoms with van der Waals surface area (Å²) in [6.07, 6.45) is 3.82. The minimum Gasteiger partial charge on any atom is -0.466 e. The minimum absolute atomic E-state index is 0.125. The summed E-state index contributed by atoms with van der Waals surface area (Å²) in [6, 6.07) is 0. The highest BCUT2D eigenvalue weighted by Gasteiger charge is 2.62. The smallest absolute Gasteiger partial charge is 0.417 e. The Morgan fingerprint density at radius 1 is 1.14 bits per heavy atom. The largest absolute Gasteiger partial charge is 0.466 e. The highest BCUT2D eigenvalue weighted by atomic mass is 16.6. The van der Waals surface area contributed by atoms with Gasteiger partial charge in [0.15, 0.2) is 0 Å². The Hall–Kier alpha value is -1.63. The van der Waals surface area contributed by atoms with Gasteiger partial charge < -0.3 is 14.2 Å². The van der Waals surface area contributed by atoms with Gasteiger partial charge >= 0.3 is 12.1 Å². The fourth-order valence-electron chi connectivity index (χ4n) is 5.03. The number of amides is 2. The Balaban J connectivity index is 1.85. The van der Waals surface area contributed by atoms with Gasteiger partial charge in [0.1, 0.15) is 5.60 Å². The molecule has 3 rings (SSSR count). The molecule has 2 saturated heterocycles. The second-order valence-electron chi connectivity index (χ2n) is 9.44. The SMILES string of the molecule is CCOC(=O)[C@H]1CC[C@]2(CC1)CC1(CCOCC1)C(=O)N2C(=O)OC(C)(C)C. The number of ether oxygens (including phenoxy) is 3. The number of nitrogens with zero attached hydrogens (tertiary/aromatic N) is 1. The summed E-state index contributed by atoms with van der Waals surface area (Å²) in [5.74, 6) is -0.460. The van der Waals surface area contributed by atoms with Crippen LogP contribution in [0.2, 0.25) is 0 Å². The molecule has 2 spiro atoms. The molecule has 2 aliphatic heterocycles. The molecule has 1 saturated carbocycles. The van der Waals surface area contributed by atoms with Gasteiger partial charge in [0, 0.05) is 13.2 Å². The molecule has 7 nitrogen and oxygen atoms in total. The van der Waals surface area contributed by atoms with Crippen LogP contribution in [0.4, 0.5) is 4.79 Å². The van der Waals surface area contributed by atoms with Gasteiger partial charge in [0.25, 0.3) is 0 Å². The monoisotopic (exact) mass is 395 g/mol. The molecule has 0 N–H and O–H groups in total. The molecule has 3 fully saturated rings.